The molecule has 0 radical (unpaired) electrons. The number of hydrogen-bond donors (Lipinski definition) is 1. The van der Waals surface area contributed by atoms with Crippen LogP contribution < -0.4 is 10.1 Å². The number of carbonyl (C=O) groups is 1. The fraction of sp³-hybridized carbons (Fsp3) is 0.235. The first kappa shape index (κ1) is 17.0. The number of rotatable bonds is 6. The Hall–Kier alpha value is -1.33. The van der Waals surface area contributed by atoms with Crippen LogP contribution in [0.15, 0.2) is 54.6 Å². The SMILES string of the molecule is CCOc1ccccc1NC(=O)[C@H](Br)[C@@H](Br)c1ccccc1. The van der Waals surface area contributed by atoms with Gasteiger partial charge in [0, 0.05) is 0 Å². The molecule has 2 aromatic carbocycles. The van der Waals surface area contributed by atoms with Crippen LogP contribution in [0.3, 0.4) is 0 Å². The molecule has 0 saturated carbocycles. The number of para-hydroxylation sites is 2. The molecule has 0 bridgehead atoms. The van der Waals surface area contributed by atoms with Crippen LogP contribution in [0.25, 0.3) is 0 Å². The number of nitrogens with one attached hydrogen (secondary N) is 1. The van der Waals surface area contributed by atoms with Gasteiger partial charge in [0.2, 0.25) is 5.91 Å². The molecule has 0 saturated heterocycles. The van der Waals surface area contributed by atoms with E-state index in [4.69, 9.17) is 4.74 Å². The maximum atomic E-state index is 12.4. The zero-order chi connectivity index (χ0) is 15.9. The minimum atomic E-state index is -0.399. The van der Waals surface area contributed by atoms with Crippen LogP contribution in [0.1, 0.15) is 17.3 Å². The third-order valence-corrected chi connectivity index (χ3v) is 5.78. The zero-order valence-corrected chi connectivity index (χ0v) is 15.3. The molecule has 1 amide bonds. The molecular weight excluding hydrogens is 410 g/mol. The van der Waals surface area contributed by atoms with Gasteiger partial charge in [-0.15, -0.1) is 0 Å². The Morgan fingerprint density at radius 1 is 1.09 bits per heavy atom. The first-order valence-corrected chi connectivity index (χ1v) is 8.82. The van der Waals surface area contributed by atoms with E-state index in [2.05, 4.69) is 37.2 Å². The number of alkyl halides is 2. The Morgan fingerprint density at radius 2 is 1.73 bits per heavy atom. The van der Waals surface area contributed by atoms with E-state index in [0.29, 0.717) is 18.0 Å². The van der Waals surface area contributed by atoms with Crippen molar-refractivity contribution in [3.8, 4) is 5.75 Å². The molecule has 0 heterocycles. The Kier molecular flexibility index (Phi) is 6.46. The third kappa shape index (κ3) is 4.34. The van der Waals surface area contributed by atoms with Gasteiger partial charge in [0.05, 0.1) is 17.1 Å². The van der Waals surface area contributed by atoms with Crippen molar-refractivity contribution in [1.82, 2.24) is 0 Å². The predicted molar refractivity (Wildman–Crippen MR) is 97.1 cm³/mol. The summed E-state index contributed by atoms with van der Waals surface area (Å²) in [6, 6.07) is 17.2. The number of anilines is 1. The van der Waals surface area contributed by atoms with Crippen LogP contribution in [0.2, 0.25) is 0 Å². The highest BCUT2D eigenvalue weighted by Gasteiger charge is 2.25. The molecule has 0 unspecified atom stereocenters. The molecular formula is C17H17Br2NO2. The topological polar surface area (TPSA) is 38.3 Å². The third-order valence-electron chi connectivity index (χ3n) is 3.07. The normalized spacial score (nSPS) is 13.2. The van der Waals surface area contributed by atoms with Crippen LogP contribution in [0, 0.1) is 0 Å². The van der Waals surface area contributed by atoms with Crippen molar-refractivity contribution >= 4 is 43.5 Å². The van der Waals surface area contributed by atoms with Crippen molar-refractivity contribution in [2.45, 2.75) is 16.6 Å². The van der Waals surface area contributed by atoms with E-state index >= 15 is 0 Å². The largest absolute Gasteiger partial charge is 0.492 e. The lowest BCUT2D eigenvalue weighted by atomic mass is 10.1. The summed E-state index contributed by atoms with van der Waals surface area (Å²) in [7, 11) is 0. The van der Waals surface area contributed by atoms with Crippen molar-refractivity contribution in [2.24, 2.45) is 0 Å². The fourth-order valence-corrected chi connectivity index (χ4v) is 2.96. The lowest BCUT2D eigenvalue weighted by molar-refractivity contribution is -0.115. The van der Waals surface area contributed by atoms with E-state index in [-0.39, 0.29) is 10.7 Å². The summed E-state index contributed by atoms with van der Waals surface area (Å²) in [5.41, 5.74) is 1.71. The van der Waals surface area contributed by atoms with Crippen molar-refractivity contribution in [2.75, 3.05) is 11.9 Å². The maximum absolute atomic E-state index is 12.4. The average molecular weight is 427 g/mol. The Morgan fingerprint density at radius 3 is 2.41 bits per heavy atom. The lowest BCUT2D eigenvalue weighted by Crippen LogP contribution is -2.26. The molecule has 116 valence electrons. The van der Waals surface area contributed by atoms with Crippen molar-refractivity contribution in [1.29, 1.82) is 0 Å². The smallest absolute Gasteiger partial charge is 0.239 e. The van der Waals surface area contributed by atoms with E-state index in [1.807, 2.05) is 61.5 Å². The maximum Gasteiger partial charge on any atom is 0.239 e. The molecule has 2 rings (SSSR count). The van der Waals surface area contributed by atoms with Gasteiger partial charge >= 0.3 is 0 Å². The first-order chi connectivity index (χ1) is 10.6. The number of hydrogen-bond acceptors (Lipinski definition) is 2. The van der Waals surface area contributed by atoms with Gasteiger partial charge in [0.25, 0.3) is 0 Å². The van der Waals surface area contributed by atoms with E-state index < -0.39 is 4.83 Å². The second kappa shape index (κ2) is 8.34. The molecule has 0 aromatic heterocycles. The summed E-state index contributed by atoms with van der Waals surface area (Å²) in [5.74, 6) is 0.543. The van der Waals surface area contributed by atoms with E-state index in [1.54, 1.807) is 0 Å². The number of carbonyl (C=O) groups excluding carboxylic acids is 1. The molecule has 3 nitrogen and oxygen atoms in total. The van der Waals surface area contributed by atoms with Crippen LogP contribution in [0.4, 0.5) is 5.69 Å². The minimum absolute atomic E-state index is 0.118. The van der Waals surface area contributed by atoms with Gasteiger partial charge in [-0.3, -0.25) is 4.79 Å². The summed E-state index contributed by atoms with van der Waals surface area (Å²) in [6.07, 6.45) is 0. The summed E-state index contributed by atoms with van der Waals surface area (Å²) < 4.78 is 5.52. The highest BCUT2D eigenvalue weighted by molar-refractivity contribution is 9.12. The molecule has 0 aliphatic carbocycles. The molecule has 1 N–H and O–H groups in total. The molecule has 2 atom stereocenters. The van der Waals surface area contributed by atoms with E-state index in [1.165, 1.54) is 0 Å². The van der Waals surface area contributed by atoms with Crippen molar-refractivity contribution in [3.05, 3.63) is 60.2 Å². The monoisotopic (exact) mass is 425 g/mol. The second-order valence-electron chi connectivity index (χ2n) is 4.63. The lowest BCUT2D eigenvalue weighted by Gasteiger charge is -2.18. The number of halogens is 2. The second-order valence-corrected chi connectivity index (χ2v) is 6.61. The van der Waals surface area contributed by atoms with E-state index in [0.717, 1.165) is 5.56 Å². The van der Waals surface area contributed by atoms with E-state index in [9.17, 15) is 4.79 Å². The van der Waals surface area contributed by atoms with Crippen LogP contribution in [-0.2, 0) is 4.79 Å². The van der Waals surface area contributed by atoms with Crippen molar-refractivity contribution in [3.63, 3.8) is 0 Å². The molecule has 2 aromatic rings. The zero-order valence-electron chi connectivity index (χ0n) is 12.1. The highest BCUT2D eigenvalue weighted by atomic mass is 79.9. The molecule has 0 spiro atoms. The molecule has 0 aliphatic heterocycles. The Balaban J connectivity index is 2.09. The number of amides is 1. The fourth-order valence-electron chi connectivity index (χ4n) is 1.99. The number of ether oxygens (including phenoxy) is 1. The van der Waals surface area contributed by atoms with Gasteiger partial charge in [-0.2, -0.15) is 0 Å². The quantitative estimate of drug-likeness (QED) is 0.665. The highest BCUT2D eigenvalue weighted by Crippen LogP contribution is 2.32. The molecule has 5 heteroatoms. The summed E-state index contributed by atoms with van der Waals surface area (Å²) in [6.45, 7) is 2.46. The first-order valence-electron chi connectivity index (χ1n) is 6.99. The number of benzene rings is 2. The van der Waals surface area contributed by atoms with Gasteiger partial charge in [0.15, 0.2) is 0 Å². The Bertz CT molecular complexity index is 619. The van der Waals surface area contributed by atoms with Crippen LogP contribution >= 0.6 is 31.9 Å². The van der Waals surface area contributed by atoms with Crippen LogP contribution in [0.5, 0.6) is 5.75 Å². The molecule has 0 aliphatic rings. The van der Waals surface area contributed by atoms with Gasteiger partial charge < -0.3 is 10.1 Å². The molecule has 22 heavy (non-hydrogen) atoms. The molecule has 0 fully saturated rings. The Labute approximate surface area is 147 Å². The van der Waals surface area contributed by atoms with Crippen molar-refractivity contribution < 1.29 is 9.53 Å². The summed E-state index contributed by atoms with van der Waals surface area (Å²) >= 11 is 7.04. The summed E-state index contributed by atoms with van der Waals surface area (Å²) in [4.78, 5) is 11.9. The average Bonchev–Trinajstić information content (AvgIpc) is 2.56. The van der Waals surface area contributed by atoms with Crippen LogP contribution in [-0.4, -0.2) is 17.3 Å². The standard InChI is InChI=1S/C17H17Br2NO2/c1-2-22-14-11-7-6-10-13(14)20-17(21)16(19)15(18)12-8-4-3-5-9-12/h3-11,15-16H,2H2,1H3,(H,20,21)/t15-,16+/m0/s1. The van der Waals surface area contributed by atoms with Gasteiger partial charge in [-0.05, 0) is 24.6 Å². The summed E-state index contributed by atoms with van der Waals surface area (Å²) in [5, 5.41) is 2.90. The van der Waals surface area contributed by atoms with Gasteiger partial charge in [-0.25, -0.2) is 0 Å². The minimum Gasteiger partial charge on any atom is -0.492 e. The van der Waals surface area contributed by atoms with Gasteiger partial charge in [-0.1, -0.05) is 74.3 Å². The predicted octanol–water partition coefficient (Wildman–Crippen LogP) is 4.92. The van der Waals surface area contributed by atoms with Gasteiger partial charge in [0.1, 0.15) is 10.6 Å².